The second-order valence-corrected chi connectivity index (χ2v) is 6.66. The van der Waals surface area contributed by atoms with E-state index in [0.29, 0.717) is 18.7 Å². The highest BCUT2D eigenvalue weighted by atomic mass is 19.4. The van der Waals surface area contributed by atoms with Gasteiger partial charge in [-0.05, 0) is 16.7 Å². The predicted octanol–water partition coefficient (Wildman–Crippen LogP) is 2.85. The molecule has 2 aromatic carbocycles. The first-order valence-electron chi connectivity index (χ1n) is 8.96. The molecule has 1 heterocycles. The van der Waals surface area contributed by atoms with Crippen molar-refractivity contribution >= 4 is 5.91 Å². The summed E-state index contributed by atoms with van der Waals surface area (Å²) in [5.74, 6) is -0.304. The van der Waals surface area contributed by atoms with E-state index in [4.69, 9.17) is 0 Å². The highest BCUT2D eigenvalue weighted by Crippen LogP contribution is 2.24. The second-order valence-electron chi connectivity index (χ2n) is 6.66. The maximum Gasteiger partial charge on any atom is 0.411 e. The van der Waals surface area contributed by atoms with Crippen LogP contribution in [-0.2, 0) is 22.7 Å². The first-order valence-corrected chi connectivity index (χ1v) is 8.96. The van der Waals surface area contributed by atoms with Gasteiger partial charge in [0.1, 0.15) is 6.61 Å². The maximum absolute atomic E-state index is 12.6. The van der Waals surface area contributed by atoms with Crippen molar-refractivity contribution in [3.8, 4) is 0 Å². The summed E-state index contributed by atoms with van der Waals surface area (Å²) < 4.78 is 40.9. The van der Waals surface area contributed by atoms with Gasteiger partial charge in [0, 0.05) is 13.1 Å². The average Bonchev–Trinajstić information content (AvgIpc) is 3.17. The summed E-state index contributed by atoms with van der Waals surface area (Å²) in [4.78, 5) is 12.6. The van der Waals surface area contributed by atoms with E-state index < -0.39 is 12.8 Å². The number of halogens is 3. The minimum atomic E-state index is -4.33. The molecular formula is C20H22F3N3O2. The molecular weight excluding hydrogens is 371 g/mol. The van der Waals surface area contributed by atoms with Crippen LogP contribution in [0.2, 0.25) is 0 Å². The third-order valence-corrected chi connectivity index (χ3v) is 4.50. The van der Waals surface area contributed by atoms with Gasteiger partial charge >= 0.3 is 6.18 Å². The molecule has 3 N–H and O–H groups in total. The first-order chi connectivity index (χ1) is 13.4. The number of amides is 1. The molecule has 3 rings (SSSR count). The summed E-state index contributed by atoms with van der Waals surface area (Å²) in [6.07, 6.45) is -4.33. The molecule has 5 nitrogen and oxygen atoms in total. The Bertz CT molecular complexity index is 767. The van der Waals surface area contributed by atoms with Crippen LogP contribution >= 0.6 is 0 Å². The minimum absolute atomic E-state index is 0.0658. The molecule has 0 saturated carbocycles. The van der Waals surface area contributed by atoms with Crippen molar-refractivity contribution in [2.45, 2.75) is 25.4 Å². The van der Waals surface area contributed by atoms with Crippen molar-refractivity contribution in [1.29, 1.82) is 0 Å². The number of hydrogen-bond donors (Lipinski definition) is 3. The molecule has 2 unspecified atom stereocenters. The van der Waals surface area contributed by atoms with Crippen LogP contribution in [0, 0.1) is 5.92 Å². The van der Waals surface area contributed by atoms with Crippen LogP contribution in [0.25, 0.3) is 0 Å². The number of hydrogen-bond acceptors (Lipinski definition) is 4. The molecule has 1 aliphatic heterocycles. The quantitative estimate of drug-likeness (QED) is 0.677. The lowest BCUT2D eigenvalue weighted by atomic mass is 9.94. The van der Waals surface area contributed by atoms with Gasteiger partial charge in [-0.3, -0.25) is 10.2 Å². The third-order valence-electron chi connectivity index (χ3n) is 4.50. The van der Waals surface area contributed by atoms with Crippen LogP contribution in [0.5, 0.6) is 0 Å². The minimum Gasteiger partial charge on any atom is -0.367 e. The molecule has 0 radical (unpaired) electrons. The fraction of sp³-hybridized carbons (Fsp3) is 0.350. The van der Waals surface area contributed by atoms with Gasteiger partial charge in [-0.15, -0.1) is 0 Å². The van der Waals surface area contributed by atoms with Gasteiger partial charge in [0.05, 0.1) is 18.6 Å². The van der Waals surface area contributed by atoms with Crippen molar-refractivity contribution in [3.05, 3.63) is 71.3 Å². The lowest BCUT2D eigenvalue weighted by Gasteiger charge is -2.18. The molecule has 0 aromatic heterocycles. The number of carbonyl (C=O) groups is 1. The van der Waals surface area contributed by atoms with Crippen molar-refractivity contribution in [2.24, 2.45) is 5.92 Å². The summed E-state index contributed by atoms with van der Waals surface area (Å²) in [6.45, 7) is -0.497. The summed E-state index contributed by atoms with van der Waals surface area (Å²) in [5, 5.41) is 2.92. The van der Waals surface area contributed by atoms with E-state index in [0.717, 1.165) is 11.1 Å². The van der Waals surface area contributed by atoms with E-state index in [1.165, 1.54) is 0 Å². The summed E-state index contributed by atoms with van der Waals surface area (Å²) >= 11 is 0. The number of alkyl halides is 3. The molecule has 1 aliphatic rings. The Morgan fingerprint density at radius 1 is 1.07 bits per heavy atom. The van der Waals surface area contributed by atoms with Gasteiger partial charge in [-0.25, -0.2) is 5.43 Å². The molecule has 2 aromatic rings. The van der Waals surface area contributed by atoms with Gasteiger partial charge in [0.2, 0.25) is 5.91 Å². The van der Waals surface area contributed by atoms with E-state index >= 15 is 0 Å². The molecule has 0 aliphatic carbocycles. The Kier molecular flexibility index (Phi) is 6.66. The average molecular weight is 393 g/mol. The van der Waals surface area contributed by atoms with Crippen LogP contribution in [0.1, 0.15) is 22.7 Å². The zero-order chi connectivity index (χ0) is 20.0. The maximum atomic E-state index is 12.6. The van der Waals surface area contributed by atoms with E-state index in [1.54, 1.807) is 24.3 Å². The lowest BCUT2D eigenvalue weighted by molar-refractivity contribution is -0.176. The Morgan fingerprint density at radius 3 is 2.43 bits per heavy atom. The predicted molar refractivity (Wildman–Crippen MR) is 97.8 cm³/mol. The molecule has 2 atom stereocenters. The molecule has 28 heavy (non-hydrogen) atoms. The normalized spacial score (nSPS) is 19.5. The van der Waals surface area contributed by atoms with Crippen molar-refractivity contribution < 1.29 is 22.7 Å². The standard InChI is InChI=1S/C20H22F3N3O2/c21-20(22,23)13-28-12-15-8-6-14(7-9-15)10-24-19(27)17-11-25-26-18(17)16-4-2-1-3-5-16/h1-9,17-18,25-26H,10-13H2,(H,24,27). The second kappa shape index (κ2) is 9.18. The van der Waals surface area contributed by atoms with E-state index in [2.05, 4.69) is 20.9 Å². The molecule has 1 amide bonds. The van der Waals surface area contributed by atoms with E-state index in [9.17, 15) is 18.0 Å². The van der Waals surface area contributed by atoms with Crippen molar-refractivity contribution in [2.75, 3.05) is 13.2 Å². The molecule has 1 fully saturated rings. The number of nitrogens with one attached hydrogen (secondary N) is 3. The Balaban J connectivity index is 1.49. The molecule has 0 spiro atoms. The first kappa shape index (κ1) is 20.3. The SMILES string of the molecule is O=C(NCc1ccc(COCC(F)(F)F)cc1)C1CNNC1c1ccccc1. The number of carbonyl (C=O) groups excluding carboxylic acids is 1. The van der Waals surface area contributed by atoms with Crippen LogP contribution in [0.15, 0.2) is 54.6 Å². The fourth-order valence-corrected chi connectivity index (χ4v) is 3.08. The van der Waals surface area contributed by atoms with Crippen LogP contribution < -0.4 is 16.2 Å². The summed E-state index contributed by atoms with van der Waals surface area (Å²) in [5.41, 5.74) is 8.72. The third kappa shape index (κ3) is 5.79. The number of ether oxygens (including phenoxy) is 1. The van der Waals surface area contributed by atoms with Crippen LogP contribution in [0.4, 0.5) is 13.2 Å². The van der Waals surface area contributed by atoms with Gasteiger partial charge in [0.25, 0.3) is 0 Å². The molecule has 0 bridgehead atoms. The van der Waals surface area contributed by atoms with E-state index in [-0.39, 0.29) is 24.5 Å². The Morgan fingerprint density at radius 2 is 1.75 bits per heavy atom. The highest BCUT2D eigenvalue weighted by Gasteiger charge is 2.33. The van der Waals surface area contributed by atoms with Gasteiger partial charge in [-0.1, -0.05) is 54.6 Å². The Hall–Kier alpha value is -2.42. The van der Waals surface area contributed by atoms with Gasteiger partial charge < -0.3 is 10.1 Å². The Labute approximate surface area is 161 Å². The number of hydrazine groups is 1. The zero-order valence-corrected chi connectivity index (χ0v) is 15.1. The van der Waals surface area contributed by atoms with Gasteiger partial charge in [-0.2, -0.15) is 13.2 Å². The van der Waals surface area contributed by atoms with Crippen LogP contribution in [-0.4, -0.2) is 25.2 Å². The fourth-order valence-electron chi connectivity index (χ4n) is 3.08. The largest absolute Gasteiger partial charge is 0.411 e. The van der Waals surface area contributed by atoms with Crippen molar-refractivity contribution in [3.63, 3.8) is 0 Å². The van der Waals surface area contributed by atoms with Gasteiger partial charge in [0.15, 0.2) is 0 Å². The highest BCUT2D eigenvalue weighted by molar-refractivity contribution is 5.80. The topological polar surface area (TPSA) is 62.4 Å². The molecule has 8 heteroatoms. The lowest BCUT2D eigenvalue weighted by Crippen LogP contribution is -2.34. The molecule has 1 saturated heterocycles. The monoisotopic (exact) mass is 393 g/mol. The number of benzene rings is 2. The van der Waals surface area contributed by atoms with Crippen LogP contribution in [0.3, 0.4) is 0 Å². The zero-order valence-electron chi connectivity index (χ0n) is 15.1. The summed E-state index contributed by atoms with van der Waals surface area (Å²) in [6, 6.07) is 16.6. The summed E-state index contributed by atoms with van der Waals surface area (Å²) in [7, 11) is 0. The molecule has 150 valence electrons. The smallest absolute Gasteiger partial charge is 0.367 e. The number of rotatable bonds is 7. The van der Waals surface area contributed by atoms with E-state index in [1.807, 2.05) is 30.3 Å². The van der Waals surface area contributed by atoms with Crippen molar-refractivity contribution in [1.82, 2.24) is 16.2 Å².